The van der Waals surface area contributed by atoms with E-state index in [1.54, 1.807) is 0 Å². The van der Waals surface area contributed by atoms with Gasteiger partial charge in [-0.25, -0.2) is 4.79 Å². The maximum absolute atomic E-state index is 11.9. The Hall–Kier alpha value is -1.88. The second-order valence-electron chi connectivity index (χ2n) is 6.79. The monoisotopic (exact) mass is 330 g/mol. The van der Waals surface area contributed by atoms with Gasteiger partial charge < -0.3 is 15.0 Å². The minimum atomic E-state index is -0.333. The number of benzene rings is 1. The number of hydrogen-bond donors (Lipinski definition) is 1. The van der Waals surface area contributed by atoms with Crippen LogP contribution in [0.4, 0.5) is 4.79 Å². The lowest BCUT2D eigenvalue weighted by atomic mass is 9.91. The highest BCUT2D eigenvalue weighted by Crippen LogP contribution is 2.23. The van der Waals surface area contributed by atoms with Gasteiger partial charge in [-0.3, -0.25) is 4.79 Å². The van der Waals surface area contributed by atoms with Gasteiger partial charge in [-0.15, -0.1) is 0 Å². The van der Waals surface area contributed by atoms with E-state index >= 15 is 0 Å². The van der Waals surface area contributed by atoms with Crippen LogP contribution in [0.25, 0.3) is 0 Å². The summed E-state index contributed by atoms with van der Waals surface area (Å²) >= 11 is 0. The first-order valence-corrected chi connectivity index (χ1v) is 8.93. The first-order valence-electron chi connectivity index (χ1n) is 8.93. The zero-order chi connectivity index (χ0) is 16.8. The number of ketones is 1. The van der Waals surface area contributed by atoms with Gasteiger partial charge in [0.05, 0.1) is 0 Å². The number of carbonyl (C=O) groups is 2. The van der Waals surface area contributed by atoms with Crippen molar-refractivity contribution in [3.63, 3.8) is 0 Å². The standard InChI is InChI=1S/C19H26N2O3/c22-18-8-6-17(7-9-18)21-12-10-16(11-13-21)20-19(23)24-14-15-4-2-1-3-5-15/h1-5,16-17H,6-14H2,(H,20,23). The number of hydrogen-bond acceptors (Lipinski definition) is 4. The van der Waals surface area contributed by atoms with Crippen LogP contribution in [0.5, 0.6) is 0 Å². The van der Waals surface area contributed by atoms with E-state index in [0.717, 1.165) is 57.2 Å². The number of likely N-dealkylation sites (tertiary alicyclic amines) is 1. The fourth-order valence-corrected chi connectivity index (χ4v) is 3.63. The van der Waals surface area contributed by atoms with E-state index in [2.05, 4.69) is 10.2 Å². The molecular weight excluding hydrogens is 304 g/mol. The number of ether oxygens (including phenoxy) is 1. The van der Waals surface area contributed by atoms with E-state index in [9.17, 15) is 9.59 Å². The van der Waals surface area contributed by atoms with E-state index in [0.29, 0.717) is 18.4 Å². The van der Waals surface area contributed by atoms with Crippen molar-refractivity contribution in [3.8, 4) is 0 Å². The highest BCUT2D eigenvalue weighted by molar-refractivity contribution is 5.79. The minimum absolute atomic E-state index is 0.190. The molecule has 1 aromatic carbocycles. The zero-order valence-electron chi connectivity index (χ0n) is 14.1. The van der Waals surface area contributed by atoms with Gasteiger partial charge in [0.2, 0.25) is 0 Å². The highest BCUT2D eigenvalue weighted by Gasteiger charge is 2.28. The molecule has 1 saturated carbocycles. The van der Waals surface area contributed by atoms with Gasteiger partial charge in [0.1, 0.15) is 12.4 Å². The molecule has 5 nitrogen and oxygen atoms in total. The third kappa shape index (κ3) is 4.81. The van der Waals surface area contributed by atoms with Gasteiger partial charge in [-0.1, -0.05) is 30.3 Å². The smallest absolute Gasteiger partial charge is 0.407 e. The number of piperidine rings is 1. The number of alkyl carbamates (subject to hydrolysis) is 1. The van der Waals surface area contributed by atoms with Crippen molar-refractivity contribution in [2.75, 3.05) is 13.1 Å². The molecule has 1 saturated heterocycles. The van der Waals surface area contributed by atoms with Crippen molar-refractivity contribution >= 4 is 11.9 Å². The molecule has 2 aliphatic rings. The SMILES string of the molecule is O=C1CCC(N2CCC(NC(=O)OCc3ccccc3)CC2)CC1. The van der Waals surface area contributed by atoms with E-state index in [1.807, 2.05) is 30.3 Å². The summed E-state index contributed by atoms with van der Waals surface area (Å²) in [5.74, 6) is 0.406. The summed E-state index contributed by atoms with van der Waals surface area (Å²) in [4.78, 5) is 25.8. The molecule has 24 heavy (non-hydrogen) atoms. The van der Waals surface area contributed by atoms with Crippen LogP contribution in [-0.4, -0.2) is 41.9 Å². The van der Waals surface area contributed by atoms with Crippen LogP contribution >= 0.6 is 0 Å². The Bertz CT molecular complexity index is 543. The van der Waals surface area contributed by atoms with Crippen LogP contribution < -0.4 is 5.32 Å². The maximum Gasteiger partial charge on any atom is 0.407 e. The van der Waals surface area contributed by atoms with Crippen molar-refractivity contribution in [2.24, 2.45) is 0 Å². The summed E-state index contributed by atoms with van der Waals surface area (Å²) < 4.78 is 5.28. The number of nitrogens with one attached hydrogen (secondary N) is 1. The Morgan fingerprint density at radius 2 is 1.75 bits per heavy atom. The maximum atomic E-state index is 11.9. The molecule has 1 aliphatic carbocycles. The first kappa shape index (κ1) is 17.0. The second-order valence-corrected chi connectivity index (χ2v) is 6.79. The molecule has 0 bridgehead atoms. The van der Waals surface area contributed by atoms with Crippen LogP contribution in [-0.2, 0) is 16.1 Å². The summed E-state index contributed by atoms with van der Waals surface area (Å²) in [6.45, 7) is 2.28. The Morgan fingerprint density at radius 3 is 2.42 bits per heavy atom. The molecule has 1 amide bonds. The Kier molecular flexibility index (Phi) is 5.86. The van der Waals surface area contributed by atoms with Gasteiger partial charge >= 0.3 is 6.09 Å². The largest absolute Gasteiger partial charge is 0.445 e. The molecule has 0 spiro atoms. The molecule has 1 N–H and O–H groups in total. The minimum Gasteiger partial charge on any atom is -0.445 e. The molecule has 0 unspecified atom stereocenters. The molecular formula is C19H26N2O3. The van der Waals surface area contributed by atoms with Gasteiger partial charge in [-0.2, -0.15) is 0 Å². The molecule has 1 aliphatic heterocycles. The number of nitrogens with zero attached hydrogens (tertiary/aromatic N) is 1. The molecule has 5 heteroatoms. The quantitative estimate of drug-likeness (QED) is 0.922. The lowest BCUT2D eigenvalue weighted by Crippen LogP contribution is -2.48. The van der Waals surface area contributed by atoms with E-state index in [1.165, 1.54) is 0 Å². The average Bonchev–Trinajstić information content (AvgIpc) is 2.62. The van der Waals surface area contributed by atoms with Crippen LogP contribution in [0.3, 0.4) is 0 Å². The summed E-state index contributed by atoms with van der Waals surface area (Å²) in [5, 5.41) is 2.98. The van der Waals surface area contributed by atoms with Crippen molar-refractivity contribution in [1.29, 1.82) is 0 Å². The summed E-state index contributed by atoms with van der Waals surface area (Å²) in [6, 6.07) is 10.4. The number of Topliss-reactive ketones (excluding diaryl/α,β-unsaturated/α-hetero) is 1. The molecule has 2 fully saturated rings. The zero-order valence-corrected chi connectivity index (χ0v) is 14.1. The Labute approximate surface area is 143 Å². The fraction of sp³-hybridized carbons (Fsp3) is 0.579. The summed E-state index contributed by atoms with van der Waals surface area (Å²) in [7, 11) is 0. The highest BCUT2D eigenvalue weighted by atomic mass is 16.5. The molecule has 1 aromatic rings. The molecule has 1 heterocycles. The molecule has 0 radical (unpaired) electrons. The van der Waals surface area contributed by atoms with Gasteiger partial charge in [0, 0.05) is 38.0 Å². The van der Waals surface area contributed by atoms with Crippen molar-refractivity contribution in [1.82, 2.24) is 10.2 Å². The number of rotatable bonds is 4. The first-order chi connectivity index (χ1) is 11.7. The topological polar surface area (TPSA) is 58.6 Å². The van der Waals surface area contributed by atoms with Gasteiger partial charge in [0.15, 0.2) is 0 Å². The molecule has 3 rings (SSSR count). The fourth-order valence-electron chi connectivity index (χ4n) is 3.63. The number of amides is 1. The second kappa shape index (κ2) is 8.29. The predicted octanol–water partition coefficient (Wildman–Crippen LogP) is 2.89. The van der Waals surface area contributed by atoms with Crippen LogP contribution in [0.15, 0.2) is 30.3 Å². The Balaban J connectivity index is 1.36. The van der Waals surface area contributed by atoms with Crippen LogP contribution in [0.2, 0.25) is 0 Å². The summed E-state index contributed by atoms with van der Waals surface area (Å²) in [5.41, 5.74) is 0.995. The summed E-state index contributed by atoms with van der Waals surface area (Å²) in [6.07, 6.45) is 5.02. The lowest BCUT2D eigenvalue weighted by Gasteiger charge is -2.39. The van der Waals surface area contributed by atoms with Gasteiger partial charge in [0.25, 0.3) is 0 Å². The normalized spacial score (nSPS) is 20.8. The lowest BCUT2D eigenvalue weighted by molar-refractivity contribution is -0.121. The Morgan fingerprint density at radius 1 is 1.08 bits per heavy atom. The number of carbonyl (C=O) groups excluding carboxylic acids is 2. The van der Waals surface area contributed by atoms with Crippen LogP contribution in [0, 0.1) is 0 Å². The van der Waals surface area contributed by atoms with Crippen molar-refractivity contribution < 1.29 is 14.3 Å². The average molecular weight is 330 g/mol. The molecule has 130 valence electrons. The van der Waals surface area contributed by atoms with E-state index < -0.39 is 0 Å². The molecule has 0 aromatic heterocycles. The van der Waals surface area contributed by atoms with Crippen molar-refractivity contribution in [2.45, 2.75) is 57.2 Å². The van der Waals surface area contributed by atoms with Crippen LogP contribution in [0.1, 0.15) is 44.1 Å². The van der Waals surface area contributed by atoms with Gasteiger partial charge in [-0.05, 0) is 31.2 Å². The third-order valence-corrected chi connectivity index (χ3v) is 5.09. The van der Waals surface area contributed by atoms with Crippen molar-refractivity contribution in [3.05, 3.63) is 35.9 Å². The molecule has 0 atom stereocenters. The van der Waals surface area contributed by atoms with E-state index in [-0.39, 0.29) is 12.1 Å². The third-order valence-electron chi connectivity index (χ3n) is 5.09. The van der Waals surface area contributed by atoms with E-state index in [4.69, 9.17) is 4.74 Å². The predicted molar refractivity (Wildman–Crippen MR) is 91.6 cm³/mol.